The summed E-state index contributed by atoms with van der Waals surface area (Å²) in [6, 6.07) is 6.46. The fourth-order valence-corrected chi connectivity index (χ4v) is 2.74. The molecular weight excluding hydrogens is 265 g/mol. The summed E-state index contributed by atoms with van der Waals surface area (Å²) in [5.41, 5.74) is 1.94. The number of nitrogens with one attached hydrogen (secondary N) is 1. The fourth-order valence-electron chi connectivity index (χ4n) is 2.74. The zero-order valence-corrected chi connectivity index (χ0v) is 11.3. The van der Waals surface area contributed by atoms with Crippen LogP contribution >= 0.6 is 0 Å². The standard InChI is InChI=1S/C15H17F3N2/c1-10-6-7-11(9-19)8-14(10)20-13-5-3-2-4-12(13)15(16,17)18/h6-8,12-13,20H,2-5H2,1H3. The normalized spacial score (nSPS) is 23.1. The molecule has 20 heavy (non-hydrogen) atoms. The van der Waals surface area contributed by atoms with Gasteiger partial charge in [0.2, 0.25) is 0 Å². The van der Waals surface area contributed by atoms with E-state index >= 15 is 0 Å². The molecule has 2 nitrogen and oxygen atoms in total. The highest BCUT2D eigenvalue weighted by Crippen LogP contribution is 2.39. The van der Waals surface area contributed by atoms with E-state index in [4.69, 9.17) is 5.26 Å². The summed E-state index contributed by atoms with van der Waals surface area (Å²) in [5.74, 6) is -1.30. The number of nitriles is 1. The molecule has 108 valence electrons. The van der Waals surface area contributed by atoms with Gasteiger partial charge in [-0.15, -0.1) is 0 Å². The van der Waals surface area contributed by atoms with E-state index in [1.165, 1.54) is 0 Å². The monoisotopic (exact) mass is 282 g/mol. The molecule has 2 atom stereocenters. The molecule has 1 N–H and O–H groups in total. The highest BCUT2D eigenvalue weighted by Gasteiger charge is 2.45. The minimum absolute atomic E-state index is 0.179. The van der Waals surface area contributed by atoms with Gasteiger partial charge in [0.25, 0.3) is 0 Å². The van der Waals surface area contributed by atoms with Gasteiger partial charge in [-0.3, -0.25) is 0 Å². The Morgan fingerprint density at radius 3 is 2.60 bits per heavy atom. The van der Waals surface area contributed by atoms with Crippen LogP contribution in [-0.2, 0) is 0 Å². The van der Waals surface area contributed by atoms with Crippen LogP contribution in [0, 0.1) is 24.2 Å². The average molecular weight is 282 g/mol. The Bertz CT molecular complexity index is 517. The zero-order chi connectivity index (χ0) is 14.8. The second-order valence-electron chi connectivity index (χ2n) is 5.32. The summed E-state index contributed by atoms with van der Waals surface area (Å²) >= 11 is 0. The molecular formula is C15H17F3N2. The van der Waals surface area contributed by atoms with E-state index in [0.29, 0.717) is 24.1 Å². The van der Waals surface area contributed by atoms with Crippen LogP contribution in [0.1, 0.15) is 36.8 Å². The van der Waals surface area contributed by atoms with Crippen LogP contribution < -0.4 is 5.32 Å². The zero-order valence-electron chi connectivity index (χ0n) is 11.3. The second-order valence-corrected chi connectivity index (χ2v) is 5.32. The van der Waals surface area contributed by atoms with Crippen LogP contribution in [-0.4, -0.2) is 12.2 Å². The molecule has 1 aliphatic rings. The molecule has 0 radical (unpaired) electrons. The summed E-state index contributed by atoms with van der Waals surface area (Å²) in [7, 11) is 0. The number of hydrogen-bond acceptors (Lipinski definition) is 2. The van der Waals surface area contributed by atoms with Crippen molar-refractivity contribution >= 4 is 5.69 Å². The average Bonchev–Trinajstić information content (AvgIpc) is 2.41. The molecule has 0 aliphatic heterocycles. The highest BCUT2D eigenvalue weighted by molar-refractivity contribution is 5.55. The fraction of sp³-hybridized carbons (Fsp3) is 0.533. The van der Waals surface area contributed by atoms with Crippen molar-refractivity contribution in [2.45, 2.75) is 44.8 Å². The molecule has 0 heterocycles. The van der Waals surface area contributed by atoms with Crippen LogP contribution in [0.25, 0.3) is 0 Å². The Morgan fingerprint density at radius 1 is 1.25 bits per heavy atom. The third-order valence-corrected chi connectivity index (χ3v) is 3.89. The van der Waals surface area contributed by atoms with E-state index in [2.05, 4.69) is 5.32 Å². The first-order chi connectivity index (χ1) is 9.41. The van der Waals surface area contributed by atoms with Gasteiger partial charge in [0.05, 0.1) is 17.6 Å². The van der Waals surface area contributed by atoms with Crippen molar-refractivity contribution in [2.24, 2.45) is 5.92 Å². The van der Waals surface area contributed by atoms with Gasteiger partial charge in [-0.2, -0.15) is 18.4 Å². The van der Waals surface area contributed by atoms with Crippen molar-refractivity contribution < 1.29 is 13.2 Å². The quantitative estimate of drug-likeness (QED) is 0.872. The number of halogens is 3. The lowest BCUT2D eigenvalue weighted by Gasteiger charge is -2.34. The Morgan fingerprint density at radius 2 is 1.95 bits per heavy atom. The van der Waals surface area contributed by atoms with Crippen LogP contribution in [0.4, 0.5) is 18.9 Å². The minimum Gasteiger partial charge on any atom is -0.381 e. The summed E-state index contributed by atoms with van der Waals surface area (Å²) < 4.78 is 39.1. The first-order valence-corrected chi connectivity index (χ1v) is 6.76. The van der Waals surface area contributed by atoms with E-state index in [1.807, 2.05) is 13.0 Å². The van der Waals surface area contributed by atoms with Gasteiger partial charge >= 0.3 is 6.18 Å². The smallest absolute Gasteiger partial charge is 0.381 e. The lowest BCUT2D eigenvalue weighted by atomic mass is 9.83. The Hall–Kier alpha value is -1.70. The van der Waals surface area contributed by atoms with Gasteiger partial charge in [-0.1, -0.05) is 18.9 Å². The van der Waals surface area contributed by atoms with Crippen molar-refractivity contribution in [1.29, 1.82) is 5.26 Å². The Kier molecular flexibility index (Phi) is 4.22. The number of aryl methyl sites for hydroxylation is 1. The van der Waals surface area contributed by atoms with Crippen molar-refractivity contribution in [3.05, 3.63) is 29.3 Å². The van der Waals surface area contributed by atoms with Crippen molar-refractivity contribution in [3.8, 4) is 6.07 Å². The molecule has 5 heteroatoms. The van der Waals surface area contributed by atoms with E-state index in [-0.39, 0.29) is 6.42 Å². The van der Waals surface area contributed by atoms with E-state index in [1.54, 1.807) is 18.2 Å². The van der Waals surface area contributed by atoms with Gasteiger partial charge in [0, 0.05) is 11.7 Å². The molecule has 0 aromatic heterocycles. The molecule has 0 saturated heterocycles. The maximum Gasteiger partial charge on any atom is 0.393 e. The molecule has 1 aromatic carbocycles. The van der Waals surface area contributed by atoms with Gasteiger partial charge in [0.1, 0.15) is 0 Å². The summed E-state index contributed by atoms with van der Waals surface area (Å²) in [4.78, 5) is 0. The Balaban J connectivity index is 2.21. The van der Waals surface area contributed by atoms with Gasteiger partial charge < -0.3 is 5.32 Å². The number of anilines is 1. The largest absolute Gasteiger partial charge is 0.393 e. The highest BCUT2D eigenvalue weighted by atomic mass is 19.4. The number of rotatable bonds is 2. The molecule has 1 saturated carbocycles. The van der Waals surface area contributed by atoms with Crippen molar-refractivity contribution in [2.75, 3.05) is 5.32 Å². The van der Waals surface area contributed by atoms with Gasteiger partial charge in [-0.25, -0.2) is 0 Å². The lowest BCUT2D eigenvalue weighted by molar-refractivity contribution is -0.184. The van der Waals surface area contributed by atoms with Crippen LogP contribution in [0.3, 0.4) is 0 Å². The summed E-state index contributed by atoms with van der Waals surface area (Å²) in [6.45, 7) is 1.83. The van der Waals surface area contributed by atoms with Crippen LogP contribution in [0.15, 0.2) is 18.2 Å². The first-order valence-electron chi connectivity index (χ1n) is 6.76. The lowest BCUT2D eigenvalue weighted by Crippen LogP contribution is -2.41. The third kappa shape index (κ3) is 3.24. The second kappa shape index (κ2) is 5.74. The van der Waals surface area contributed by atoms with Crippen LogP contribution in [0.5, 0.6) is 0 Å². The van der Waals surface area contributed by atoms with Crippen molar-refractivity contribution in [3.63, 3.8) is 0 Å². The number of nitrogens with zero attached hydrogens (tertiary/aromatic N) is 1. The first kappa shape index (κ1) is 14.7. The third-order valence-electron chi connectivity index (χ3n) is 3.89. The number of hydrogen-bond donors (Lipinski definition) is 1. The van der Waals surface area contributed by atoms with E-state index in [9.17, 15) is 13.2 Å². The summed E-state index contributed by atoms with van der Waals surface area (Å²) in [5, 5.41) is 11.9. The van der Waals surface area contributed by atoms with Gasteiger partial charge in [-0.05, 0) is 37.5 Å². The Labute approximate surface area is 116 Å². The molecule has 0 amide bonds. The molecule has 1 aliphatic carbocycles. The molecule has 0 spiro atoms. The number of alkyl halides is 3. The maximum atomic E-state index is 13.0. The minimum atomic E-state index is -4.17. The molecule has 1 fully saturated rings. The predicted octanol–water partition coefficient (Wildman–Crippen LogP) is 4.40. The summed E-state index contributed by atoms with van der Waals surface area (Å²) in [6.07, 6.45) is -2.04. The van der Waals surface area contributed by atoms with E-state index < -0.39 is 18.1 Å². The SMILES string of the molecule is Cc1ccc(C#N)cc1NC1CCCCC1C(F)(F)F. The maximum absolute atomic E-state index is 13.0. The van der Waals surface area contributed by atoms with Crippen LogP contribution in [0.2, 0.25) is 0 Å². The molecule has 2 unspecified atom stereocenters. The molecule has 1 aromatic rings. The van der Waals surface area contributed by atoms with E-state index in [0.717, 1.165) is 12.0 Å². The predicted molar refractivity (Wildman–Crippen MR) is 71.3 cm³/mol. The molecule has 2 rings (SSSR count). The van der Waals surface area contributed by atoms with Gasteiger partial charge in [0.15, 0.2) is 0 Å². The molecule has 0 bridgehead atoms. The number of benzene rings is 1. The topological polar surface area (TPSA) is 35.8 Å². The van der Waals surface area contributed by atoms with Crippen molar-refractivity contribution in [1.82, 2.24) is 0 Å².